The molecule has 1 unspecified atom stereocenters. The van der Waals surface area contributed by atoms with Crippen molar-refractivity contribution in [3.63, 3.8) is 0 Å². The Hall–Kier alpha value is -0.750. The van der Waals surface area contributed by atoms with Gasteiger partial charge in [-0.15, -0.1) is 0 Å². The van der Waals surface area contributed by atoms with Crippen molar-refractivity contribution < 1.29 is 14.3 Å². The number of carbonyl (C=O) groups is 2. The Labute approximate surface area is 114 Å². The molecule has 106 valence electrons. The molecule has 0 aliphatic heterocycles. The lowest BCUT2D eigenvalue weighted by Crippen LogP contribution is -2.32. The first-order valence-corrected chi connectivity index (χ1v) is 6.75. The van der Waals surface area contributed by atoms with Gasteiger partial charge in [-0.1, -0.05) is 20.8 Å². The second-order valence-corrected chi connectivity index (χ2v) is 5.34. The van der Waals surface area contributed by atoms with Crippen LogP contribution >= 0.6 is 12.6 Å². The van der Waals surface area contributed by atoms with Crippen LogP contribution < -0.4 is 10.6 Å². The number of thiol groups is 1. The predicted octanol–water partition coefficient (Wildman–Crippen LogP) is 0.600. The van der Waals surface area contributed by atoms with Crippen molar-refractivity contribution in [1.82, 2.24) is 10.6 Å². The van der Waals surface area contributed by atoms with E-state index < -0.39 is 0 Å². The lowest BCUT2D eigenvalue weighted by Gasteiger charge is -2.09. The molecule has 2 amide bonds. The van der Waals surface area contributed by atoms with Gasteiger partial charge < -0.3 is 15.4 Å². The fourth-order valence-electron chi connectivity index (χ4n) is 1.16. The van der Waals surface area contributed by atoms with Crippen LogP contribution in [0.3, 0.4) is 0 Å². The highest BCUT2D eigenvalue weighted by atomic mass is 32.1. The molecule has 0 saturated heterocycles. The monoisotopic (exact) mass is 276 g/mol. The first-order valence-electron chi connectivity index (χ1n) is 6.23. The minimum Gasteiger partial charge on any atom is -0.378 e. The molecule has 1 atom stereocenters. The molecule has 0 aromatic carbocycles. The summed E-state index contributed by atoms with van der Waals surface area (Å²) in [5, 5.41) is 5.55. The first-order chi connectivity index (χ1) is 8.43. The van der Waals surface area contributed by atoms with Crippen LogP contribution in [0.25, 0.3) is 0 Å². The van der Waals surface area contributed by atoms with Crippen LogP contribution in [0, 0.1) is 5.92 Å². The summed E-state index contributed by atoms with van der Waals surface area (Å²) in [6, 6.07) is 0. The van der Waals surface area contributed by atoms with Gasteiger partial charge in [-0.3, -0.25) is 9.59 Å². The molecule has 0 radical (unpaired) electrons. The van der Waals surface area contributed by atoms with Gasteiger partial charge in [0.25, 0.3) is 0 Å². The molecule has 5 nitrogen and oxygen atoms in total. The van der Waals surface area contributed by atoms with E-state index in [0.29, 0.717) is 32.7 Å². The van der Waals surface area contributed by atoms with Gasteiger partial charge in [0.15, 0.2) is 0 Å². The zero-order valence-corrected chi connectivity index (χ0v) is 12.3. The van der Waals surface area contributed by atoms with Crippen LogP contribution in [0.2, 0.25) is 0 Å². The van der Waals surface area contributed by atoms with E-state index in [0.717, 1.165) is 0 Å². The highest BCUT2D eigenvalue weighted by Gasteiger charge is 2.05. The number of rotatable bonds is 9. The fourth-order valence-corrected chi connectivity index (χ4v) is 1.32. The average Bonchev–Trinajstić information content (AvgIpc) is 2.26. The molecule has 0 aromatic rings. The van der Waals surface area contributed by atoms with Gasteiger partial charge in [-0.2, -0.15) is 12.6 Å². The van der Waals surface area contributed by atoms with Gasteiger partial charge in [0.05, 0.1) is 13.2 Å². The molecule has 0 aromatic heterocycles. The Bertz CT molecular complexity index is 258. The van der Waals surface area contributed by atoms with E-state index in [1.54, 1.807) is 0 Å². The number of nitrogens with one attached hydrogen (secondary N) is 2. The van der Waals surface area contributed by atoms with Crippen molar-refractivity contribution in [3.05, 3.63) is 0 Å². The number of hydrogen-bond donors (Lipinski definition) is 3. The molecule has 0 heterocycles. The molecule has 0 bridgehead atoms. The molecule has 2 N–H and O–H groups in total. The predicted molar refractivity (Wildman–Crippen MR) is 74.7 cm³/mol. The van der Waals surface area contributed by atoms with Gasteiger partial charge in [-0.05, 0) is 0 Å². The Balaban J connectivity index is 3.31. The minimum atomic E-state index is -0.0192. The summed E-state index contributed by atoms with van der Waals surface area (Å²) in [6.45, 7) is 7.44. The maximum atomic E-state index is 11.2. The SMILES string of the molecule is CC(S)CC(=O)NCCOCCNC(=O)C(C)C. The number of amides is 2. The summed E-state index contributed by atoms with van der Waals surface area (Å²) in [4.78, 5) is 22.4. The third-order valence-electron chi connectivity index (χ3n) is 2.12. The van der Waals surface area contributed by atoms with Crippen molar-refractivity contribution in [2.75, 3.05) is 26.3 Å². The topological polar surface area (TPSA) is 67.4 Å². The summed E-state index contributed by atoms with van der Waals surface area (Å²) < 4.78 is 5.27. The molecule has 0 rings (SSSR count). The van der Waals surface area contributed by atoms with Crippen LogP contribution in [0.4, 0.5) is 0 Å². The van der Waals surface area contributed by atoms with Crippen LogP contribution in [0.1, 0.15) is 27.2 Å². The van der Waals surface area contributed by atoms with E-state index in [1.807, 2.05) is 20.8 Å². The standard InChI is InChI=1S/C12H24N2O3S/c1-9(2)12(16)14-5-7-17-6-4-13-11(15)8-10(3)18/h9-10,18H,4-8H2,1-3H3,(H,13,15)(H,14,16). The second-order valence-electron chi connectivity index (χ2n) is 4.46. The molecule has 0 aliphatic rings. The zero-order valence-electron chi connectivity index (χ0n) is 11.4. The Kier molecular flexibility index (Phi) is 9.77. The summed E-state index contributed by atoms with van der Waals surface area (Å²) >= 11 is 4.13. The normalized spacial score (nSPS) is 12.3. The molecule has 0 fully saturated rings. The first kappa shape index (κ1) is 17.2. The third-order valence-corrected chi connectivity index (χ3v) is 2.30. The highest BCUT2D eigenvalue weighted by molar-refractivity contribution is 7.80. The summed E-state index contributed by atoms with van der Waals surface area (Å²) in [5.74, 6) is -0.00334. The van der Waals surface area contributed by atoms with Crippen molar-refractivity contribution in [3.8, 4) is 0 Å². The Morgan fingerprint density at radius 1 is 1.11 bits per heavy atom. The lowest BCUT2D eigenvalue weighted by molar-refractivity contribution is -0.124. The van der Waals surface area contributed by atoms with E-state index in [2.05, 4.69) is 23.3 Å². The maximum absolute atomic E-state index is 11.2. The molecular weight excluding hydrogens is 252 g/mol. The smallest absolute Gasteiger partial charge is 0.222 e. The van der Waals surface area contributed by atoms with Crippen molar-refractivity contribution in [2.24, 2.45) is 5.92 Å². The summed E-state index contributed by atoms with van der Waals surface area (Å²) in [7, 11) is 0. The molecule has 0 aliphatic carbocycles. The van der Waals surface area contributed by atoms with Crippen molar-refractivity contribution in [2.45, 2.75) is 32.4 Å². The number of ether oxygens (including phenoxy) is 1. The lowest BCUT2D eigenvalue weighted by atomic mass is 10.2. The van der Waals surface area contributed by atoms with E-state index in [4.69, 9.17) is 4.74 Å². The quantitative estimate of drug-likeness (QED) is 0.427. The van der Waals surface area contributed by atoms with Crippen LogP contribution in [0.5, 0.6) is 0 Å². The van der Waals surface area contributed by atoms with Gasteiger partial charge in [0.1, 0.15) is 0 Å². The highest BCUT2D eigenvalue weighted by Crippen LogP contribution is 1.97. The van der Waals surface area contributed by atoms with E-state index in [1.165, 1.54) is 0 Å². The summed E-state index contributed by atoms with van der Waals surface area (Å²) in [6.07, 6.45) is 0.410. The Morgan fingerprint density at radius 2 is 1.67 bits per heavy atom. The van der Waals surface area contributed by atoms with Gasteiger partial charge >= 0.3 is 0 Å². The van der Waals surface area contributed by atoms with Crippen molar-refractivity contribution in [1.29, 1.82) is 0 Å². The largest absolute Gasteiger partial charge is 0.378 e. The van der Waals surface area contributed by atoms with E-state index in [9.17, 15) is 9.59 Å². The number of hydrogen-bond acceptors (Lipinski definition) is 4. The summed E-state index contributed by atoms with van der Waals surface area (Å²) in [5.41, 5.74) is 0. The minimum absolute atomic E-state index is 0.00693. The second kappa shape index (κ2) is 10.2. The van der Waals surface area contributed by atoms with Gasteiger partial charge in [0, 0.05) is 30.7 Å². The van der Waals surface area contributed by atoms with Crippen molar-refractivity contribution >= 4 is 24.4 Å². The van der Waals surface area contributed by atoms with Gasteiger partial charge in [0.2, 0.25) is 11.8 Å². The van der Waals surface area contributed by atoms with Gasteiger partial charge in [-0.25, -0.2) is 0 Å². The van der Waals surface area contributed by atoms with Crippen LogP contribution in [-0.2, 0) is 14.3 Å². The molecule has 0 spiro atoms. The van der Waals surface area contributed by atoms with E-state index >= 15 is 0 Å². The van der Waals surface area contributed by atoms with E-state index in [-0.39, 0.29) is 23.0 Å². The zero-order chi connectivity index (χ0) is 14.0. The van der Waals surface area contributed by atoms with Crippen LogP contribution in [-0.4, -0.2) is 43.4 Å². The van der Waals surface area contributed by atoms with Crippen LogP contribution in [0.15, 0.2) is 0 Å². The fraction of sp³-hybridized carbons (Fsp3) is 0.833. The number of carbonyl (C=O) groups excluding carboxylic acids is 2. The molecular formula is C12H24N2O3S. The molecule has 0 saturated carbocycles. The maximum Gasteiger partial charge on any atom is 0.222 e. The molecule has 18 heavy (non-hydrogen) atoms. The third kappa shape index (κ3) is 10.4. The average molecular weight is 276 g/mol. The molecule has 6 heteroatoms. The Morgan fingerprint density at radius 3 is 2.17 bits per heavy atom.